The van der Waals surface area contributed by atoms with Crippen LogP contribution in [0.25, 0.3) is 27.6 Å². The summed E-state index contributed by atoms with van der Waals surface area (Å²) in [6.45, 7) is 4.87. The van der Waals surface area contributed by atoms with Gasteiger partial charge in [-0.05, 0) is 47.5 Å². The molecule has 4 heterocycles. The van der Waals surface area contributed by atoms with Gasteiger partial charge in [0.2, 0.25) is 5.88 Å². The number of pyridine rings is 2. The molecule has 1 saturated heterocycles. The van der Waals surface area contributed by atoms with Crippen LogP contribution in [0.5, 0.6) is 5.88 Å². The van der Waals surface area contributed by atoms with E-state index < -0.39 is 0 Å². The molecule has 1 fully saturated rings. The second-order valence-electron chi connectivity index (χ2n) is 9.13. The molecule has 0 aliphatic carbocycles. The average Bonchev–Trinajstić information content (AvgIpc) is 3.27. The van der Waals surface area contributed by atoms with E-state index >= 15 is 0 Å². The predicted octanol–water partition coefficient (Wildman–Crippen LogP) is 5.77. The molecule has 2 aromatic carbocycles. The number of piperazine rings is 1. The van der Waals surface area contributed by atoms with Crippen molar-refractivity contribution in [2.45, 2.75) is 6.54 Å². The van der Waals surface area contributed by atoms with Crippen molar-refractivity contribution < 1.29 is 5.11 Å². The summed E-state index contributed by atoms with van der Waals surface area (Å²) in [5, 5.41) is 13.0. The van der Waals surface area contributed by atoms with E-state index in [2.05, 4.69) is 50.1 Å². The molecule has 1 N–H and O–H groups in total. The molecule has 7 heteroatoms. The Labute approximate surface area is 215 Å². The van der Waals surface area contributed by atoms with E-state index in [1.807, 2.05) is 55.2 Å². The Morgan fingerprint density at radius 2 is 1.61 bits per heavy atom. The Balaban J connectivity index is 1.20. The molecule has 1 aliphatic heterocycles. The molecule has 1 aliphatic rings. The number of aromatic nitrogens is 3. The third-order valence-electron chi connectivity index (χ3n) is 6.82. The lowest BCUT2D eigenvalue weighted by molar-refractivity contribution is 0.249. The first-order valence-electron chi connectivity index (χ1n) is 12.1. The minimum absolute atomic E-state index is 0.144. The number of fused-ring (bicyclic) bond motifs is 1. The first-order chi connectivity index (χ1) is 17.7. The molecule has 0 radical (unpaired) electrons. The maximum absolute atomic E-state index is 10.9. The van der Waals surface area contributed by atoms with E-state index in [9.17, 15) is 5.11 Å². The van der Waals surface area contributed by atoms with Crippen molar-refractivity contribution in [2.24, 2.45) is 0 Å². The highest BCUT2D eigenvalue weighted by atomic mass is 35.5. The number of benzene rings is 2. The molecule has 0 spiro atoms. The normalized spacial score (nSPS) is 14.4. The van der Waals surface area contributed by atoms with Crippen LogP contribution in [-0.2, 0) is 6.54 Å². The van der Waals surface area contributed by atoms with E-state index in [0.29, 0.717) is 10.4 Å². The third kappa shape index (κ3) is 4.41. The minimum atomic E-state index is 0.144. The summed E-state index contributed by atoms with van der Waals surface area (Å²) in [5.41, 5.74) is 5.40. The summed E-state index contributed by atoms with van der Waals surface area (Å²) >= 11 is 6.34. The van der Waals surface area contributed by atoms with Gasteiger partial charge in [0.15, 0.2) is 0 Å². The lowest BCUT2D eigenvalue weighted by atomic mass is 10.0. The van der Waals surface area contributed by atoms with Crippen molar-refractivity contribution in [3.8, 4) is 22.7 Å². The first-order valence-corrected chi connectivity index (χ1v) is 12.4. The number of hydrogen-bond donors (Lipinski definition) is 1. The van der Waals surface area contributed by atoms with Gasteiger partial charge in [0.1, 0.15) is 0 Å². The lowest BCUT2D eigenvalue weighted by Crippen LogP contribution is -2.45. The maximum atomic E-state index is 10.9. The highest BCUT2D eigenvalue weighted by molar-refractivity contribution is 6.36. The van der Waals surface area contributed by atoms with Gasteiger partial charge in [0, 0.05) is 86.0 Å². The topological polar surface area (TPSA) is 57.4 Å². The van der Waals surface area contributed by atoms with Crippen LogP contribution in [0.3, 0.4) is 0 Å². The number of rotatable bonds is 5. The summed E-state index contributed by atoms with van der Waals surface area (Å²) in [4.78, 5) is 13.5. The Morgan fingerprint density at radius 1 is 0.806 bits per heavy atom. The molecule has 0 atom stereocenters. The van der Waals surface area contributed by atoms with E-state index in [-0.39, 0.29) is 5.88 Å². The van der Waals surface area contributed by atoms with Gasteiger partial charge in [-0.1, -0.05) is 35.9 Å². The molecule has 3 aromatic heterocycles. The first kappa shape index (κ1) is 22.6. The molecular weight excluding hydrogens is 470 g/mol. The number of nitrogens with zero attached hydrogens (tertiary/aromatic N) is 5. The van der Waals surface area contributed by atoms with Gasteiger partial charge >= 0.3 is 0 Å². The monoisotopic (exact) mass is 495 g/mol. The van der Waals surface area contributed by atoms with E-state index in [4.69, 9.17) is 11.6 Å². The van der Waals surface area contributed by atoms with Crippen molar-refractivity contribution in [1.82, 2.24) is 19.4 Å². The quantitative estimate of drug-likeness (QED) is 0.335. The molecule has 0 bridgehead atoms. The van der Waals surface area contributed by atoms with Crippen LogP contribution in [0, 0.1) is 0 Å². The van der Waals surface area contributed by atoms with Gasteiger partial charge in [-0.25, -0.2) is 0 Å². The second kappa shape index (κ2) is 9.64. The molecule has 36 heavy (non-hydrogen) atoms. The Kier molecular flexibility index (Phi) is 6.05. The van der Waals surface area contributed by atoms with Crippen LogP contribution in [0.15, 0.2) is 91.6 Å². The molecule has 0 unspecified atom stereocenters. The standard InChI is InChI=1S/C29H26ClN5O/c30-27-6-2-4-23-20-35(29(36)28(23)27)26-5-1-3-22(16-26)24-15-21(17-32-18-24)19-33-11-13-34(14-12-33)25-7-9-31-10-8-25/h1-10,15-18,20,36H,11-14,19H2. The van der Waals surface area contributed by atoms with Crippen molar-refractivity contribution >= 4 is 28.1 Å². The van der Waals surface area contributed by atoms with Gasteiger partial charge < -0.3 is 10.0 Å². The van der Waals surface area contributed by atoms with Crippen LogP contribution in [-0.4, -0.2) is 50.7 Å². The number of anilines is 1. The maximum Gasteiger partial charge on any atom is 0.205 e. The van der Waals surface area contributed by atoms with Crippen molar-refractivity contribution in [1.29, 1.82) is 0 Å². The molecule has 180 valence electrons. The smallest absolute Gasteiger partial charge is 0.205 e. The second-order valence-corrected chi connectivity index (χ2v) is 9.53. The Bertz CT molecular complexity index is 1510. The molecule has 5 aromatic rings. The molecule has 6 nitrogen and oxygen atoms in total. The lowest BCUT2D eigenvalue weighted by Gasteiger charge is -2.36. The van der Waals surface area contributed by atoms with Crippen LogP contribution in [0.1, 0.15) is 5.56 Å². The molecule has 0 saturated carbocycles. The fourth-order valence-corrected chi connectivity index (χ4v) is 5.21. The largest absolute Gasteiger partial charge is 0.494 e. The van der Waals surface area contributed by atoms with Crippen LogP contribution >= 0.6 is 11.6 Å². The van der Waals surface area contributed by atoms with Gasteiger partial charge in [-0.2, -0.15) is 0 Å². The summed E-state index contributed by atoms with van der Waals surface area (Å²) in [6, 6.07) is 20.1. The summed E-state index contributed by atoms with van der Waals surface area (Å²) in [6.07, 6.45) is 9.46. The SMILES string of the molecule is Oc1c2c(Cl)cccc2cn1-c1cccc(-c2cncc(CN3CCN(c4ccncc4)CC3)c2)c1. The summed E-state index contributed by atoms with van der Waals surface area (Å²) in [5.74, 6) is 0.144. The zero-order valence-electron chi connectivity index (χ0n) is 19.8. The Hall–Kier alpha value is -3.87. The molecular formula is C29H26ClN5O. The number of halogens is 1. The van der Waals surface area contributed by atoms with Crippen molar-refractivity contribution in [2.75, 3.05) is 31.1 Å². The fourth-order valence-electron chi connectivity index (χ4n) is 4.95. The third-order valence-corrected chi connectivity index (χ3v) is 7.14. The summed E-state index contributed by atoms with van der Waals surface area (Å²) < 4.78 is 1.78. The highest BCUT2D eigenvalue weighted by Crippen LogP contribution is 2.36. The predicted molar refractivity (Wildman–Crippen MR) is 145 cm³/mol. The number of hydrogen-bond acceptors (Lipinski definition) is 5. The fraction of sp³-hybridized carbons (Fsp3) is 0.172. The van der Waals surface area contributed by atoms with Crippen LogP contribution in [0.2, 0.25) is 5.02 Å². The zero-order valence-corrected chi connectivity index (χ0v) is 20.5. The number of aromatic hydroxyl groups is 1. The van der Waals surface area contributed by atoms with Gasteiger partial charge in [-0.15, -0.1) is 0 Å². The minimum Gasteiger partial charge on any atom is -0.494 e. The average molecular weight is 496 g/mol. The summed E-state index contributed by atoms with van der Waals surface area (Å²) in [7, 11) is 0. The molecule has 0 amide bonds. The Morgan fingerprint density at radius 3 is 2.42 bits per heavy atom. The van der Waals surface area contributed by atoms with Crippen LogP contribution < -0.4 is 4.90 Å². The van der Waals surface area contributed by atoms with Crippen LogP contribution in [0.4, 0.5) is 5.69 Å². The van der Waals surface area contributed by atoms with E-state index in [0.717, 1.165) is 54.9 Å². The zero-order chi connectivity index (χ0) is 24.5. The highest BCUT2D eigenvalue weighted by Gasteiger charge is 2.18. The van der Waals surface area contributed by atoms with E-state index in [1.54, 1.807) is 10.6 Å². The molecule has 6 rings (SSSR count). The van der Waals surface area contributed by atoms with Crippen molar-refractivity contribution in [3.63, 3.8) is 0 Å². The van der Waals surface area contributed by atoms with Gasteiger partial charge in [0.25, 0.3) is 0 Å². The van der Waals surface area contributed by atoms with Crippen molar-refractivity contribution in [3.05, 3.63) is 102 Å². The van der Waals surface area contributed by atoms with Gasteiger partial charge in [-0.3, -0.25) is 19.4 Å². The van der Waals surface area contributed by atoms with Gasteiger partial charge in [0.05, 0.1) is 10.4 Å². The van der Waals surface area contributed by atoms with E-state index in [1.165, 1.54) is 11.3 Å².